The van der Waals surface area contributed by atoms with E-state index >= 15 is 0 Å². The Morgan fingerprint density at radius 2 is 2.23 bits per heavy atom. The third kappa shape index (κ3) is 3.67. The highest BCUT2D eigenvalue weighted by Gasteiger charge is 2.28. The second-order valence-corrected chi connectivity index (χ2v) is 7.81. The summed E-state index contributed by atoms with van der Waals surface area (Å²) in [6.07, 6.45) is 3.39. The van der Waals surface area contributed by atoms with Crippen LogP contribution in [0.3, 0.4) is 0 Å². The molecule has 4 heterocycles. The molecule has 156 valence electrons. The molecule has 0 saturated carbocycles. The van der Waals surface area contributed by atoms with Gasteiger partial charge in [-0.05, 0) is 35.7 Å². The Kier molecular flexibility index (Phi) is 4.94. The predicted octanol–water partition coefficient (Wildman–Crippen LogP) is 1.66. The Morgan fingerprint density at radius 1 is 1.32 bits per heavy atom. The smallest absolute Gasteiger partial charge is 0.338 e. The normalized spacial score (nSPS) is 18.5. The molecule has 1 fully saturated rings. The lowest BCUT2D eigenvalue weighted by Crippen LogP contribution is -2.45. The van der Waals surface area contributed by atoms with Gasteiger partial charge in [-0.2, -0.15) is 5.26 Å². The minimum absolute atomic E-state index is 0.196. The molecule has 1 unspecified atom stereocenters. The number of fused-ring (bicyclic) bond motifs is 1. The predicted molar refractivity (Wildman–Crippen MR) is 110 cm³/mol. The largest absolute Gasteiger partial charge is 0.457 e. The van der Waals surface area contributed by atoms with Gasteiger partial charge in [0.15, 0.2) is 11.5 Å². The molecular formula is C22H21N7O2. The minimum atomic E-state index is -0.228. The van der Waals surface area contributed by atoms with E-state index in [1.54, 1.807) is 6.20 Å². The molecule has 0 bridgehead atoms. The van der Waals surface area contributed by atoms with Crippen LogP contribution >= 0.6 is 0 Å². The molecule has 31 heavy (non-hydrogen) atoms. The van der Waals surface area contributed by atoms with Crippen molar-refractivity contribution in [1.82, 2.24) is 30.2 Å². The summed E-state index contributed by atoms with van der Waals surface area (Å²) >= 11 is 0. The van der Waals surface area contributed by atoms with Gasteiger partial charge in [0.05, 0.1) is 11.8 Å². The average molecular weight is 415 g/mol. The van der Waals surface area contributed by atoms with E-state index in [0.717, 1.165) is 42.9 Å². The van der Waals surface area contributed by atoms with Crippen LogP contribution in [0.15, 0.2) is 36.7 Å². The van der Waals surface area contributed by atoms with Gasteiger partial charge in [0.2, 0.25) is 0 Å². The number of nitrogens with zero attached hydrogens (tertiary/aromatic N) is 6. The number of carbonyl (C=O) groups excluding carboxylic acids is 1. The lowest BCUT2D eigenvalue weighted by Gasteiger charge is -2.34. The first-order valence-electron chi connectivity index (χ1n) is 10.2. The van der Waals surface area contributed by atoms with Crippen LogP contribution in [-0.4, -0.2) is 50.5 Å². The van der Waals surface area contributed by atoms with Gasteiger partial charge in [0.1, 0.15) is 12.7 Å². The monoisotopic (exact) mass is 415 g/mol. The maximum absolute atomic E-state index is 11.8. The topological polar surface area (TPSA) is 109 Å². The van der Waals surface area contributed by atoms with Crippen molar-refractivity contribution in [3.63, 3.8) is 0 Å². The Morgan fingerprint density at radius 3 is 3.00 bits per heavy atom. The van der Waals surface area contributed by atoms with Crippen molar-refractivity contribution in [3.8, 4) is 11.9 Å². The molecule has 1 N–H and O–H groups in total. The lowest BCUT2D eigenvalue weighted by atomic mass is 9.93. The molecule has 1 aromatic carbocycles. The van der Waals surface area contributed by atoms with Crippen LogP contribution < -0.4 is 5.32 Å². The molecular weight excluding hydrogens is 394 g/mol. The quantitative estimate of drug-likeness (QED) is 0.641. The number of benzene rings is 1. The zero-order valence-corrected chi connectivity index (χ0v) is 17.1. The highest BCUT2D eigenvalue weighted by molar-refractivity contribution is 5.94. The summed E-state index contributed by atoms with van der Waals surface area (Å²) in [5.41, 5.74) is 5.42. The van der Waals surface area contributed by atoms with E-state index < -0.39 is 0 Å². The number of pyridine rings is 1. The van der Waals surface area contributed by atoms with Crippen LogP contribution in [0.5, 0.6) is 0 Å². The molecule has 1 atom stereocenters. The number of cyclic esters (lactones) is 1. The Balaban J connectivity index is 1.28. The third-order valence-electron chi connectivity index (χ3n) is 5.90. The molecule has 0 spiro atoms. The first-order valence-corrected chi connectivity index (χ1v) is 10.2. The number of piperazine rings is 1. The number of hydrogen-bond acceptors (Lipinski definition) is 8. The Labute approximate surface area is 179 Å². The van der Waals surface area contributed by atoms with Crippen LogP contribution in [-0.2, 0) is 17.9 Å². The fourth-order valence-electron chi connectivity index (χ4n) is 4.24. The molecule has 2 aliphatic rings. The van der Waals surface area contributed by atoms with E-state index in [1.165, 1.54) is 10.2 Å². The maximum Gasteiger partial charge on any atom is 0.338 e. The summed E-state index contributed by atoms with van der Waals surface area (Å²) in [4.78, 5) is 18.7. The van der Waals surface area contributed by atoms with Crippen LogP contribution in [0.2, 0.25) is 0 Å². The molecule has 1 saturated heterocycles. The second-order valence-electron chi connectivity index (χ2n) is 7.81. The summed E-state index contributed by atoms with van der Waals surface area (Å²) in [5, 5.41) is 20.2. The number of nitriles is 1. The van der Waals surface area contributed by atoms with Crippen molar-refractivity contribution in [1.29, 1.82) is 5.26 Å². The Bertz CT molecular complexity index is 1180. The third-order valence-corrected chi connectivity index (χ3v) is 5.90. The second kappa shape index (κ2) is 7.91. The van der Waals surface area contributed by atoms with Gasteiger partial charge >= 0.3 is 5.97 Å². The van der Waals surface area contributed by atoms with E-state index in [4.69, 9.17) is 10.00 Å². The van der Waals surface area contributed by atoms with Gasteiger partial charge in [0, 0.05) is 44.0 Å². The van der Waals surface area contributed by atoms with Crippen LogP contribution in [0.4, 0.5) is 0 Å². The first-order chi connectivity index (χ1) is 15.1. The molecule has 9 heteroatoms. The van der Waals surface area contributed by atoms with Gasteiger partial charge in [0.25, 0.3) is 0 Å². The van der Waals surface area contributed by atoms with E-state index in [2.05, 4.69) is 32.4 Å². The summed E-state index contributed by atoms with van der Waals surface area (Å²) in [6, 6.07) is 10.00. The van der Waals surface area contributed by atoms with Crippen molar-refractivity contribution >= 4 is 5.97 Å². The van der Waals surface area contributed by atoms with Gasteiger partial charge in [-0.15, -0.1) is 5.10 Å². The first kappa shape index (κ1) is 19.4. The number of nitrogens with one attached hydrogen (secondary N) is 1. The number of aromatic nitrogens is 4. The number of ether oxygens (including phenoxy) is 1. The van der Waals surface area contributed by atoms with Crippen molar-refractivity contribution in [3.05, 3.63) is 70.2 Å². The van der Waals surface area contributed by atoms with Crippen molar-refractivity contribution in [2.45, 2.75) is 26.1 Å². The molecule has 2 aliphatic heterocycles. The highest BCUT2D eigenvalue weighted by Crippen LogP contribution is 2.30. The summed E-state index contributed by atoms with van der Waals surface area (Å²) in [5.74, 6) is 0.398. The van der Waals surface area contributed by atoms with Crippen LogP contribution in [0.25, 0.3) is 5.82 Å². The van der Waals surface area contributed by atoms with Crippen LogP contribution in [0.1, 0.15) is 44.3 Å². The lowest BCUT2D eigenvalue weighted by molar-refractivity contribution is 0.0535. The fourth-order valence-corrected chi connectivity index (χ4v) is 4.24. The van der Waals surface area contributed by atoms with E-state index in [-0.39, 0.29) is 17.7 Å². The van der Waals surface area contributed by atoms with Crippen molar-refractivity contribution < 1.29 is 9.53 Å². The Hall–Kier alpha value is -3.61. The molecule has 2 aromatic heterocycles. The maximum atomic E-state index is 11.8. The zero-order chi connectivity index (χ0) is 21.4. The number of esters is 1. The number of carbonyl (C=O) groups is 1. The van der Waals surface area contributed by atoms with E-state index in [1.807, 2.05) is 36.5 Å². The van der Waals surface area contributed by atoms with E-state index in [0.29, 0.717) is 18.0 Å². The van der Waals surface area contributed by atoms with Crippen LogP contribution in [0, 0.1) is 18.3 Å². The molecule has 0 radical (unpaired) electrons. The number of hydrogen-bond donors (Lipinski definition) is 1. The van der Waals surface area contributed by atoms with Gasteiger partial charge in [-0.1, -0.05) is 17.3 Å². The molecule has 0 aliphatic carbocycles. The molecule has 9 nitrogen and oxygen atoms in total. The molecule has 5 rings (SSSR count). The van der Waals surface area contributed by atoms with Crippen molar-refractivity contribution in [2.75, 3.05) is 19.6 Å². The number of rotatable bonds is 4. The standard InChI is InChI=1S/C22H21N7O2/c1-14-17(3-4-18-19(14)13-31-22(18)30)20-12-28(7-6-24-20)10-15-2-5-21(25-9-15)29-11-16(8-23)26-27-29/h2-5,9,11,20,24H,6-7,10,12-13H2,1H3. The molecule has 0 amide bonds. The van der Waals surface area contributed by atoms with Crippen molar-refractivity contribution in [2.24, 2.45) is 0 Å². The highest BCUT2D eigenvalue weighted by atomic mass is 16.5. The fraction of sp³-hybridized carbons (Fsp3) is 0.318. The average Bonchev–Trinajstić information content (AvgIpc) is 3.42. The summed E-state index contributed by atoms with van der Waals surface area (Å²) in [6.45, 7) is 5.92. The van der Waals surface area contributed by atoms with Gasteiger partial charge < -0.3 is 10.1 Å². The van der Waals surface area contributed by atoms with Gasteiger partial charge in [-0.25, -0.2) is 14.5 Å². The zero-order valence-electron chi connectivity index (χ0n) is 17.1. The SMILES string of the molecule is Cc1c(C2CN(Cc3ccc(-n4cc(C#N)nn4)nc3)CCN2)ccc2c1COC2=O. The summed E-state index contributed by atoms with van der Waals surface area (Å²) < 4.78 is 6.69. The molecule has 3 aromatic rings. The van der Waals surface area contributed by atoms with Gasteiger partial charge in [-0.3, -0.25) is 4.90 Å². The summed E-state index contributed by atoms with van der Waals surface area (Å²) in [7, 11) is 0. The minimum Gasteiger partial charge on any atom is -0.457 e. The van der Waals surface area contributed by atoms with E-state index in [9.17, 15) is 4.79 Å².